The molecule has 0 aromatic heterocycles. The number of carbonyl (C=O) groups is 1. The van der Waals surface area contributed by atoms with E-state index in [0.717, 1.165) is 32.5 Å². The standard InChI is InChI=1S/C12H25N3O2/c1-9(12(16)14-13)10(2)15-6-4-11(5-7-15)8-17-3/h9-11H,4-8,13H2,1-3H3,(H,14,16). The Labute approximate surface area is 104 Å². The van der Waals surface area contributed by atoms with Gasteiger partial charge in [-0.1, -0.05) is 6.92 Å². The Morgan fingerprint density at radius 1 is 1.47 bits per heavy atom. The molecule has 17 heavy (non-hydrogen) atoms. The van der Waals surface area contributed by atoms with Crippen LogP contribution < -0.4 is 11.3 Å². The minimum atomic E-state index is -0.0866. The average Bonchev–Trinajstić information content (AvgIpc) is 2.37. The highest BCUT2D eigenvalue weighted by molar-refractivity contribution is 5.78. The second-order valence-electron chi connectivity index (χ2n) is 4.97. The lowest BCUT2D eigenvalue weighted by molar-refractivity contribution is -0.126. The molecule has 0 bridgehead atoms. The molecule has 1 saturated heterocycles. The van der Waals surface area contributed by atoms with Crippen molar-refractivity contribution in [3.8, 4) is 0 Å². The maximum Gasteiger partial charge on any atom is 0.238 e. The summed E-state index contributed by atoms with van der Waals surface area (Å²) in [5.41, 5.74) is 2.23. The number of rotatable bonds is 5. The van der Waals surface area contributed by atoms with Crippen LogP contribution in [0.2, 0.25) is 0 Å². The van der Waals surface area contributed by atoms with Gasteiger partial charge in [0.25, 0.3) is 0 Å². The number of nitrogens with one attached hydrogen (secondary N) is 1. The molecule has 1 aliphatic heterocycles. The van der Waals surface area contributed by atoms with E-state index in [0.29, 0.717) is 5.92 Å². The van der Waals surface area contributed by atoms with Crippen LogP contribution in [0.25, 0.3) is 0 Å². The molecule has 1 heterocycles. The molecule has 1 fully saturated rings. The fourth-order valence-corrected chi connectivity index (χ4v) is 2.43. The van der Waals surface area contributed by atoms with Crippen molar-refractivity contribution in [3.05, 3.63) is 0 Å². The summed E-state index contributed by atoms with van der Waals surface area (Å²) >= 11 is 0. The van der Waals surface area contributed by atoms with Crippen LogP contribution in [0.4, 0.5) is 0 Å². The second-order valence-corrected chi connectivity index (χ2v) is 4.97. The van der Waals surface area contributed by atoms with Crippen molar-refractivity contribution in [1.82, 2.24) is 10.3 Å². The summed E-state index contributed by atoms with van der Waals surface area (Å²) in [6.07, 6.45) is 2.30. The Hall–Kier alpha value is -0.650. The SMILES string of the molecule is COCC1CCN(C(C)C(C)C(=O)NN)CC1. The van der Waals surface area contributed by atoms with Gasteiger partial charge < -0.3 is 4.74 Å². The molecule has 0 aliphatic carbocycles. The van der Waals surface area contributed by atoms with Gasteiger partial charge in [-0.15, -0.1) is 0 Å². The van der Waals surface area contributed by atoms with E-state index in [1.165, 1.54) is 0 Å². The Bertz CT molecular complexity index is 240. The molecule has 5 heteroatoms. The third-order valence-electron chi connectivity index (χ3n) is 3.91. The number of methoxy groups -OCH3 is 1. The van der Waals surface area contributed by atoms with Gasteiger partial charge in [-0.05, 0) is 38.8 Å². The van der Waals surface area contributed by atoms with Gasteiger partial charge >= 0.3 is 0 Å². The molecule has 0 aromatic rings. The molecule has 1 amide bonds. The number of nitrogens with zero attached hydrogens (tertiary/aromatic N) is 1. The first-order valence-corrected chi connectivity index (χ1v) is 6.33. The Balaban J connectivity index is 2.40. The van der Waals surface area contributed by atoms with E-state index in [-0.39, 0.29) is 17.9 Å². The lowest BCUT2D eigenvalue weighted by Gasteiger charge is -2.37. The summed E-state index contributed by atoms with van der Waals surface area (Å²) in [6.45, 7) is 6.94. The van der Waals surface area contributed by atoms with Crippen molar-refractivity contribution < 1.29 is 9.53 Å². The third-order valence-corrected chi connectivity index (χ3v) is 3.91. The van der Waals surface area contributed by atoms with Crippen LogP contribution in [0.15, 0.2) is 0 Å². The van der Waals surface area contributed by atoms with E-state index in [1.807, 2.05) is 6.92 Å². The quantitative estimate of drug-likeness (QED) is 0.415. The van der Waals surface area contributed by atoms with Crippen molar-refractivity contribution in [2.24, 2.45) is 17.7 Å². The van der Waals surface area contributed by atoms with Gasteiger partial charge in [0.1, 0.15) is 0 Å². The Kier molecular flexibility index (Phi) is 5.88. The fraction of sp³-hybridized carbons (Fsp3) is 0.917. The highest BCUT2D eigenvalue weighted by atomic mass is 16.5. The maximum atomic E-state index is 11.5. The molecule has 0 aromatic carbocycles. The van der Waals surface area contributed by atoms with E-state index < -0.39 is 0 Å². The van der Waals surface area contributed by atoms with E-state index >= 15 is 0 Å². The van der Waals surface area contributed by atoms with E-state index in [4.69, 9.17) is 10.6 Å². The lowest BCUT2D eigenvalue weighted by atomic mass is 9.93. The van der Waals surface area contributed by atoms with E-state index in [9.17, 15) is 4.79 Å². The van der Waals surface area contributed by atoms with Crippen molar-refractivity contribution in [2.45, 2.75) is 32.7 Å². The Morgan fingerprint density at radius 2 is 2.06 bits per heavy atom. The molecule has 100 valence electrons. The van der Waals surface area contributed by atoms with Gasteiger partial charge in [0.15, 0.2) is 0 Å². The predicted octanol–water partition coefficient (Wildman–Crippen LogP) is 0.359. The summed E-state index contributed by atoms with van der Waals surface area (Å²) < 4.78 is 5.18. The fourth-order valence-electron chi connectivity index (χ4n) is 2.43. The number of carbonyl (C=O) groups excluding carboxylic acids is 1. The second kappa shape index (κ2) is 6.93. The predicted molar refractivity (Wildman–Crippen MR) is 67.1 cm³/mol. The number of hydrazine groups is 1. The number of piperidine rings is 1. The number of likely N-dealkylation sites (tertiary alicyclic amines) is 1. The first kappa shape index (κ1) is 14.4. The van der Waals surface area contributed by atoms with E-state index in [1.54, 1.807) is 7.11 Å². The van der Waals surface area contributed by atoms with Gasteiger partial charge in [-0.25, -0.2) is 5.84 Å². The molecular formula is C12H25N3O2. The first-order chi connectivity index (χ1) is 8.10. The molecule has 0 radical (unpaired) electrons. The first-order valence-electron chi connectivity index (χ1n) is 6.33. The number of hydrogen-bond donors (Lipinski definition) is 2. The molecule has 2 atom stereocenters. The molecule has 3 N–H and O–H groups in total. The maximum absolute atomic E-state index is 11.5. The van der Waals surface area contributed by atoms with Gasteiger partial charge in [0, 0.05) is 19.8 Å². The Morgan fingerprint density at radius 3 is 2.53 bits per heavy atom. The van der Waals surface area contributed by atoms with Gasteiger partial charge in [0.05, 0.1) is 5.92 Å². The zero-order chi connectivity index (χ0) is 12.8. The van der Waals surface area contributed by atoms with Crippen LogP contribution in [0.1, 0.15) is 26.7 Å². The molecule has 0 saturated carbocycles. The van der Waals surface area contributed by atoms with Crippen LogP contribution in [-0.4, -0.2) is 43.7 Å². The van der Waals surface area contributed by atoms with E-state index in [2.05, 4.69) is 17.2 Å². The van der Waals surface area contributed by atoms with Crippen molar-refractivity contribution in [1.29, 1.82) is 0 Å². The minimum absolute atomic E-state index is 0.0704. The van der Waals surface area contributed by atoms with Gasteiger partial charge in [0.2, 0.25) is 5.91 Å². The lowest BCUT2D eigenvalue weighted by Crippen LogP contribution is -2.48. The van der Waals surface area contributed by atoms with Crippen LogP contribution >= 0.6 is 0 Å². The summed E-state index contributed by atoms with van der Waals surface area (Å²) in [5.74, 6) is 5.68. The topological polar surface area (TPSA) is 67.6 Å². The van der Waals surface area contributed by atoms with Gasteiger partial charge in [-0.3, -0.25) is 15.1 Å². The molecule has 2 unspecified atom stereocenters. The molecular weight excluding hydrogens is 218 g/mol. The smallest absolute Gasteiger partial charge is 0.238 e. The third kappa shape index (κ3) is 3.94. The number of hydrogen-bond acceptors (Lipinski definition) is 4. The number of nitrogens with two attached hydrogens (primary N) is 1. The normalized spacial score (nSPS) is 22.1. The van der Waals surface area contributed by atoms with Gasteiger partial charge in [-0.2, -0.15) is 0 Å². The van der Waals surface area contributed by atoms with Crippen molar-refractivity contribution >= 4 is 5.91 Å². The number of ether oxygens (including phenoxy) is 1. The number of amides is 1. The largest absolute Gasteiger partial charge is 0.384 e. The van der Waals surface area contributed by atoms with Crippen molar-refractivity contribution in [3.63, 3.8) is 0 Å². The molecule has 1 aliphatic rings. The van der Waals surface area contributed by atoms with Crippen LogP contribution in [-0.2, 0) is 9.53 Å². The summed E-state index contributed by atoms with van der Waals surface area (Å²) in [5, 5.41) is 0. The van der Waals surface area contributed by atoms with Crippen LogP contribution in [0.5, 0.6) is 0 Å². The highest BCUT2D eigenvalue weighted by Crippen LogP contribution is 2.21. The summed E-state index contributed by atoms with van der Waals surface area (Å²) in [7, 11) is 1.75. The minimum Gasteiger partial charge on any atom is -0.384 e. The average molecular weight is 243 g/mol. The summed E-state index contributed by atoms with van der Waals surface area (Å²) in [6, 6.07) is 0.238. The van der Waals surface area contributed by atoms with Crippen LogP contribution in [0.3, 0.4) is 0 Å². The summed E-state index contributed by atoms with van der Waals surface area (Å²) in [4.78, 5) is 13.8. The highest BCUT2D eigenvalue weighted by Gasteiger charge is 2.28. The van der Waals surface area contributed by atoms with Crippen LogP contribution in [0, 0.1) is 11.8 Å². The van der Waals surface area contributed by atoms with Crippen molar-refractivity contribution in [2.75, 3.05) is 26.8 Å². The zero-order valence-corrected chi connectivity index (χ0v) is 11.1. The molecule has 0 spiro atoms. The monoisotopic (exact) mass is 243 g/mol. The molecule has 1 rings (SSSR count). The molecule has 5 nitrogen and oxygen atoms in total. The zero-order valence-electron chi connectivity index (χ0n) is 11.1.